The molecule has 2 rings (SSSR count). The lowest BCUT2D eigenvalue weighted by atomic mass is 10.2. The monoisotopic (exact) mass is 350 g/mol. The Morgan fingerprint density at radius 3 is 2.40 bits per heavy atom. The summed E-state index contributed by atoms with van der Waals surface area (Å²) < 4.78 is 20.8. The van der Waals surface area contributed by atoms with Crippen molar-refractivity contribution in [2.45, 2.75) is 12.5 Å². The fourth-order valence-electron chi connectivity index (χ4n) is 2.27. The van der Waals surface area contributed by atoms with Crippen molar-refractivity contribution in [3.05, 3.63) is 36.3 Å². The highest BCUT2D eigenvalue weighted by Crippen LogP contribution is 2.39. The van der Waals surface area contributed by atoms with Crippen LogP contribution in [0.25, 0.3) is 0 Å². The van der Waals surface area contributed by atoms with Crippen LogP contribution in [0.4, 0.5) is 10.5 Å². The van der Waals surface area contributed by atoms with Gasteiger partial charge in [0, 0.05) is 18.7 Å². The Hall–Kier alpha value is -2.87. The van der Waals surface area contributed by atoms with E-state index in [1.54, 1.807) is 24.3 Å². The van der Waals surface area contributed by atoms with Crippen LogP contribution in [0.15, 0.2) is 34.9 Å². The fourth-order valence-corrected chi connectivity index (χ4v) is 2.27. The molecule has 1 unspecified atom stereocenters. The highest BCUT2D eigenvalue weighted by molar-refractivity contribution is 5.90. The van der Waals surface area contributed by atoms with Gasteiger partial charge >= 0.3 is 6.03 Å². The average molecular weight is 350 g/mol. The third kappa shape index (κ3) is 4.80. The maximum absolute atomic E-state index is 12.0. The number of aliphatic hydroxyl groups is 1. The molecule has 0 radical (unpaired) electrons. The van der Waals surface area contributed by atoms with Gasteiger partial charge in [0.1, 0.15) is 11.9 Å². The van der Waals surface area contributed by atoms with E-state index in [2.05, 4.69) is 10.6 Å². The first-order valence-corrected chi connectivity index (χ1v) is 7.65. The first kappa shape index (κ1) is 18.5. The molecule has 8 heteroatoms. The second-order valence-electron chi connectivity index (χ2n) is 5.11. The molecule has 3 N–H and O–H groups in total. The predicted molar refractivity (Wildman–Crippen MR) is 91.4 cm³/mol. The summed E-state index contributed by atoms with van der Waals surface area (Å²) in [5.41, 5.74) is 0.485. The molecule has 2 aromatic rings. The minimum absolute atomic E-state index is 0.276. The Bertz CT molecular complexity index is 661. The maximum Gasteiger partial charge on any atom is 0.319 e. The standard InChI is InChI=1S/C17H22N2O6/c1-22-14-9-11(10-15(23-2)16(14)24-3)19-17(21)18-7-6-12(20)13-5-4-8-25-13/h4-5,8-10,12,20H,6-7H2,1-3H3,(H2,18,19,21). The van der Waals surface area contributed by atoms with Gasteiger partial charge < -0.3 is 34.4 Å². The van der Waals surface area contributed by atoms with Gasteiger partial charge in [-0.3, -0.25) is 0 Å². The van der Waals surface area contributed by atoms with E-state index in [1.807, 2.05) is 0 Å². The molecule has 1 aromatic heterocycles. The first-order valence-electron chi connectivity index (χ1n) is 7.65. The van der Waals surface area contributed by atoms with E-state index in [4.69, 9.17) is 18.6 Å². The van der Waals surface area contributed by atoms with Gasteiger partial charge in [-0.15, -0.1) is 0 Å². The van der Waals surface area contributed by atoms with E-state index in [0.29, 0.717) is 35.1 Å². The summed E-state index contributed by atoms with van der Waals surface area (Å²) in [5.74, 6) is 1.78. The van der Waals surface area contributed by atoms with Crippen molar-refractivity contribution in [2.75, 3.05) is 33.2 Å². The van der Waals surface area contributed by atoms with Gasteiger partial charge in [-0.1, -0.05) is 0 Å². The van der Waals surface area contributed by atoms with Crippen molar-refractivity contribution in [2.24, 2.45) is 0 Å². The number of urea groups is 1. The number of aliphatic hydroxyl groups excluding tert-OH is 1. The Morgan fingerprint density at radius 2 is 1.88 bits per heavy atom. The zero-order valence-electron chi connectivity index (χ0n) is 14.4. The van der Waals surface area contributed by atoms with Gasteiger partial charge in [0.2, 0.25) is 5.75 Å². The van der Waals surface area contributed by atoms with Gasteiger partial charge in [0.25, 0.3) is 0 Å². The molecule has 25 heavy (non-hydrogen) atoms. The molecule has 2 amide bonds. The van der Waals surface area contributed by atoms with Crippen molar-refractivity contribution in [3.63, 3.8) is 0 Å². The second kappa shape index (κ2) is 8.84. The molecule has 8 nitrogen and oxygen atoms in total. The van der Waals surface area contributed by atoms with Crippen molar-refractivity contribution in [1.29, 1.82) is 0 Å². The number of hydrogen-bond donors (Lipinski definition) is 3. The Labute approximate surface area is 145 Å². The van der Waals surface area contributed by atoms with Crippen LogP contribution in [0.3, 0.4) is 0 Å². The molecule has 0 aliphatic heterocycles. The first-order chi connectivity index (χ1) is 12.1. The number of rotatable bonds is 8. The van der Waals surface area contributed by atoms with Crippen molar-refractivity contribution in [1.82, 2.24) is 5.32 Å². The number of nitrogens with one attached hydrogen (secondary N) is 2. The molecule has 136 valence electrons. The summed E-state index contributed by atoms with van der Waals surface area (Å²) in [6.45, 7) is 0.276. The number of methoxy groups -OCH3 is 3. The van der Waals surface area contributed by atoms with E-state index in [0.717, 1.165) is 0 Å². The third-order valence-corrected chi connectivity index (χ3v) is 3.50. The Balaban J connectivity index is 1.91. The highest BCUT2D eigenvalue weighted by atomic mass is 16.5. The summed E-state index contributed by atoms with van der Waals surface area (Å²) in [5, 5.41) is 15.2. The number of amides is 2. The van der Waals surface area contributed by atoms with Gasteiger partial charge in [-0.05, 0) is 18.6 Å². The largest absolute Gasteiger partial charge is 0.493 e. The van der Waals surface area contributed by atoms with Crippen molar-refractivity contribution in [3.8, 4) is 17.2 Å². The van der Waals surface area contributed by atoms with E-state index in [9.17, 15) is 9.90 Å². The van der Waals surface area contributed by atoms with Crippen LogP contribution in [0.5, 0.6) is 17.2 Å². The van der Waals surface area contributed by atoms with E-state index in [1.165, 1.54) is 27.6 Å². The Morgan fingerprint density at radius 1 is 1.20 bits per heavy atom. The van der Waals surface area contributed by atoms with Crippen molar-refractivity contribution >= 4 is 11.7 Å². The molecule has 0 bridgehead atoms. The zero-order chi connectivity index (χ0) is 18.2. The summed E-state index contributed by atoms with van der Waals surface area (Å²) in [6, 6.07) is 6.21. The summed E-state index contributed by atoms with van der Waals surface area (Å²) >= 11 is 0. The quantitative estimate of drug-likeness (QED) is 0.676. The summed E-state index contributed by atoms with van der Waals surface area (Å²) in [6.07, 6.45) is 1.05. The number of furan rings is 1. The lowest BCUT2D eigenvalue weighted by molar-refractivity contribution is 0.140. The lowest BCUT2D eigenvalue weighted by Crippen LogP contribution is -2.30. The third-order valence-electron chi connectivity index (χ3n) is 3.50. The number of benzene rings is 1. The summed E-state index contributed by atoms with van der Waals surface area (Å²) in [7, 11) is 4.50. The SMILES string of the molecule is COc1cc(NC(=O)NCCC(O)c2ccco2)cc(OC)c1OC. The molecule has 1 atom stereocenters. The fraction of sp³-hybridized carbons (Fsp3) is 0.353. The van der Waals surface area contributed by atoms with Crippen molar-refractivity contribution < 1.29 is 28.5 Å². The Kier molecular flexibility index (Phi) is 6.53. The molecule has 0 saturated heterocycles. The number of ether oxygens (including phenoxy) is 3. The van der Waals surface area contributed by atoms with Gasteiger partial charge in [0.15, 0.2) is 11.5 Å². The van der Waals surface area contributed by atoms with E-state index >= 15 is 0 Å². The lowest BCUT2D eigenvalue weighted by Gasteiger charge is -2.15. The molecule has 0 fully saturated rings. The molecule has 1 aromatic carbocycles. The number of hydrogen-bond acceptors (Lipinski definition) is 6. The average Bonchev–Trinajstić information content (AvgIpc) is 3.15. The number of anilines is 1. The minimum Gasteiger partial charge on any atom is -0.493 e. The second-order valence-corrected chi connectivity index (χ2v) is 5.11. The van der Waals surface area contributed by atoms with Gasteiger partial charge in [-0.2, -0.15) is 0 Å². The van der Waals surface area contributed by atoms with Crippen LogP contribution in [-0.2, 0) is 0 Å². The van der Waals surface area contributed by atoms with Crippen LogP contribution in [0.1, 0.15) is 18.3 Å². The minimum atomic E-state index is -0.767. The predicted octanol–water partition coefficient (Wildman–Crippen LogP) is 2.55. The molecular weight excluding hydrogens is 328 g/mol. The molecular formula is C17H22N2O6. The van der Waals surface area contributed by atoms with Crippen LogP contribution in [0.2, 0.25) is 0 Å². The normalized spacial score (nSPS) is 11.5. The van der Waals surface area contributed by atoms with Crippen LogP contribution in [-0.4, -0.2) is 39.0 Å². The molecule has 0 saturated carbocycles. The maximum atomic E-state index is 12.0. The molecule has 0 aliphatic carbocycles. The van der Waals surface area contributed by atoms with Crippen LogP contribution >= 0.6 is 0 Å². The van der Waals surface area contributed by atoms with Gasteiger partial charge in [0.05, 0.1) is 33.3 Å². The molecule has 0 aliphatic rings. The number of carbonyl (C=O) groups excluding carboxylic acids is 1. The van der Waals surface area contributed by atoms with E-state index < -0.39 is 12.1 Å². The molecule has 0 spiro atoms. The zero-order valence-corrected chi connectivity index (χ0v) is 14.4. The molecule has 1 heterocycles. The number of carbonyl (C=O) groups is 1. The topological polar surface area (TPSA) is 102 Å². The van der Waals surface area contributed by atoms with Gasteiger partial charge in [-0.25, -0.2) is 4.79 Å². The highest BCUT2D eigenvalue weighted by Gasteiger charge is 2.15. The van der Waals surface area contributed by atoms with Crippen LogP contribution < -0.4 is 24.8 Å². The van der Waals surface area contributed by atoms with E-state index in [-0.39, 0.29) is 6.54 Å². The summed E-state index contributed by atoms with van der Waals surface area (Å²) in [4.78, 5) is 12.0. The smallest absolute Gasteiger partial charge is 0.319 e. The van der Waals surface area contributed by atoms with Crippen LogP contribution in [0, 0.1) is 0 Å².